The van der Waals surface area contributed by atoms with Crippen LogP contribution in [0.5, 0.6) is 23.0 Å². The molecule has 0 spiro atoms. The molecule has 0 amide bonds. The molecule has 0 radical (unpaired) electrons. The van der Waals surface area contributed by atoms with E-state index in [1.165, 1.54) is 43.2 Å². The Bertz CT molecular complexity index is 1150. The van der Waals surface area contributed by atoms with E-state index >= 15 is 0 Å². The fraction of sp³-hybridized carbons (Fsp3) is 0.250. The highest BCUT2D eigenvalue weighted by Gasteiger charge is 2.32. The molecule has 0 unspecified atom stereocenters. The van der Waals surface area contributed by atoms with Crippen LogP contribution in [0.25, 0.3) is 0 Å². The molecule has 36 heavy (non-hydrogen) atoms. The molecule has 4 aromatic rings. The Labute approximate surface area is 213 Å². The fourth-order valence-electron chi connectivity index (χ4n) is 5.28. The van der Waals surface area contributed by atoms with Crippen LogP contribution in [0.4, 0.5) is 11.4 Å². The highest BCUT2D eigenvalue weighted by atomic mass is 16.5. The van der Waals surface area contributed by atoms with E-state index in [2.05, 4.69) is 48.5 Å². The number of hydrogen-bond acceptors (Lipinski definition) is 4. The van der Waals surface area contributed by atoms with E-state index in [-0.39, 0.29) is 5.41 Å². The molecule has 184 valence electrons. The number of ether oxygens (including phenoxy) is 2. The summed E-state index contributed by atoms with van der Waals surface area (Å²) in [5.41, 5.74) is 16.0. The molecule has 1 fully saturated rings. The van der Waals surface area contributed by atoms with Gasteiger partial charge in [-0.2, -0.15) is 0 Å². The van der Waals surface area contributed by atoms with Crippen LogP contribution in [0.1, 0.15) is 43.2 Å². The maximum atomic E-state index is 5.99. The molecule has 4 heteroatoms. The highest BCUT2D eigenvalue weighted by Crippen LogP contribution is 2.42. The monoisotopic (exact) mass is 478 g/mol. The zero-order chi connectivity index (χ0) is 24.8. The van der Waals surface area contributed by atoms with Gasteiger partial charge < -0.3 is 20.9 Å². The molecule has 0 aliphatic heterocycles. The molecule has 0 heterocycles. The van der Waals surface area contributed by atoms with Crippen LogP contribution in [0.15, 0.2) is 97.1 Å². The predicted octanol–water partition coefficient (Wildman–Crippen LogP) is 8.17. The average molecular weight is 479 g/mol. The van der Waals surface area contributed by atoms with Gasteiger partial charge in [0, 0.05) is 11.4 Å². The smallest absolute Gasteiger partial charge is 0.127 e. The van der Waals surface area contributed by atoms with Crippen molar-refractivity contribution in [2.24, 2.45) is 5.41 Å². The first-order valence-electron chi connectivity index (χ1n) is 12.8. The largest absolute Gasteiger partial charge is 0.457 e. The lowest BCUT2D eigenvalue weighted by Gasteiger charge is -2.38. The Hall–Kier alpha value is -3.92. The highest BCUT2D eigenvalue weighted by molar-refractivity contribution is 5.44. The Morgan fingerprint density at radius 1 is 0.472 bits per heavy atom. The van der Waals surface area contributed by atoms with Gasteiger partial charge in [-0.25, -0.2) is 0 Å². The number of benzene rings is 4. The fourth-order valence-corrected chi connectivity index (χ4v) is 5.28. The molecule has 4 aromatic carbocycles. The lowest BCUT2D eigenvalue weighted by molar-refractivity contribution is 0.186. The van der Waals surface area contributed by atoms with Crippen LogP contribution in [0.3, 0.4) is 0 Å². The number of nitrogen functional groups attached to an aromatic ring is 2. The van der Waals surface area contributed by atoms with Gasteiger partial charge in [-0.3, -0.25) is 0 Å². The maximum absolute atomic E-state index is 5.99. The van der Waals surface area contributed by atoms with Gasteiger partial charge >= 0.3 is 0 Å². The van der Waals surface area contributed by atoms with E-state index in [4.69, 9.17) is 20.9 Å². The van der Waals surface area contributed by atoms with Crippen molar-refractivity contribution < 1.29 is 9.47 Å². The molecular weight excluding hydrogens is 444 g/mol. The molecule has 5 rings (SSSR count). The van der Waals surface area contributed by atoms with Crippen LogP contribution in [-0.2, 0) is 12.8 Å². The Morgan fingerprint density at radius 3 is 1.17 bits per heavy atom. The summed E-state index contributed by atoms with van der Waals surface area (Å²) in [6, 6.07) is 32.2. The van der Waals surface area contributed by atoms with E-state index in [0.717, 1.165) is 47.2 Å². The summed E-state index contributed by atoms with van der Waals surface area (Å²) >= 11 is 0. The van der Waals surface area contributed by atoms with Gasteiger partial charge in [-0.1, -0.05) is 43.5 Å². The van der Waals surface area contributed by atoms with Crippen molar-refractivity contribution in [3.8, 4) is 23.0 Å². The summed E-state index contributed by atoms with van der Waals surface area (Å²) in [7, 11) is 0. The molecule has 1 aliphatic rings. The van der Waals surface area contributed by atoms with Crippen molar-refractivity contribution in [1.82, 2.24) is 0 Å². The molecular formula is C32H34N2O2. The number of nitrogens with two attached hydrogens (primary N) is 2. The second kappa shape index (κ2) is 10.8. The minimum absolute atomic E-state index is 0.289. The summed E-state index contributed by atoms with van der Waals surface area (Å²) in [6.07, 6.45) is 8.64. The number of rotatable bonds is 8. The topological polar surface area (TPSA) is 70.5 Å². The Morgan fingerprint density at radius 2 is 0.806 bits per heavy atom. The van der Waals surface area contributed by atoms with Crippen molar-refractivity contribution in [2.75, 3.05) is 11.5 Å². The molecule has 0 bridgehead atoms. The SMILES string of the molecule is Nc1ccc(Oc2ccc(CC3(Cc4ccc(Oc5ccc(N)cc5)cc4)CCCCC3)cc2)cc1. The number of anilines is 2. The van der Waals surface area contributed by atoms with Gasteiger partial charge in [-0.05, 0) is 115 Å². The molecule has 0 atom stereocenters. The normalized spacial score (nSPS) is 14.8. The molecule has 0 saturated heterocycles. The summed E-state index contributed by atoms with van der Waals surface area (Å²) in [5.74, 6) is 3.28. The third-order valence-corrected chi connectivity index (χ3v) is 7.15. The van der Waals surface area contributed by atoms with E-state index in [9.17, 15) is 0 Å². The van der Waals surface area contributed by atoms with Crippen molar-refractivity contribution >= 4 is 11.4 Å². The lowest BCUT2D eigenvalue weighted by Crippen LogP contribution is -2.29. The van der Waals surface area contributed by atoms with Crippen molar-refractivity contribution in [3.63, 3.8) is 0 Å². The van der Waals surface area contributed by atoms with Gasteiger partial charge in [0.15, 0.2) is 0 Å². The zero-order valence-electron chi connectivity index (χ0n) is 20.7. The van der Waals surface area contributed by atoms with E-state index < -0.39 is 0 Å². The lowest BCUT2D eigenvalue weighted by atomic mass is 9.67. The maximum Gasteiger partial charge on any atom is 0.127 e. The first-order chi connectivity index (χ1) is 17.6. The molecule has 4 nitrogen and oxygen atoms in total. The predicted molar refractivity (Wildman–Crippen MR) is 148 cm³/mol. The van der Waals surface area contributed by atoms with Crippen LogP contribution < -0.4 is 20.9 Å². The van der Waals surface area contributed by atoms with Crippen molar-refractivity contribution in [1.29, 1.82) is 0 Å². The summed E-state index contributed by atoms with van der Waals surface area (Å²) in [4.78, 5) is 0. The van der Waals surface area contributed by atoms with Crippen LogP contribution in [-0.4, -0.2) is 0 Å². The summed E-state index contributed by atoms with van der Waals surface area (Å²) in [5, 5.41) is 0. The van der Waals surface area contributed by atoms with E-state index in [1.54, 1.807) is 0 Å². The molecule has 1 aliphatic carbocycles. The van der Waals surface area contributed by atoms with E-state index in [1.807, 2.05) is 48.5 Å². The van der Waals surface area contributed by atoms with Gasteiger partial charge in [-0.15, -0.1) is 0 Å². The molecule has 0 aromatic heterocycles. The minimum Gasteiger partial charge on any atom is -0.457 e. The first-order valence-corrected chi connectivity index (χ1v) is 12.8. The van der Waals surface area contributed by atoms with Gasteiger partial charge in [0.25, 0.3) is 0 Å². The van der Waals surface area contributed by atoms with Crippen molar-refractivity contribution in [2.45, 2.75) is 44.9 Å². The Balaban J connectivity index is 1.25. The second-order valence-electron chi connectivity index (χ2n) is 10.0. The van der Waals surface area contributed by atoms with Crippen molar-refractivity contribution in [3.05, 3.63) is 108 Å². The van der Waals surface area contributed by atoms with Gasteiger partial charge in [0.2, 0.25) is 0 Å². The molecule has 1 saturated carbocycles. The second-order valence-corrected chi connectivity index (χ2v) is 10.0. The summed E-state index contributed by atoms with van der Waals surface area (Å²) in [6.45, 7) is 0. The van der Waals surface area contributed by atoms with Gasteiger partial charge in [0.05, 0.1) is 0 Å². The van der Waals surface area contributed by atoms with Crippen LogP contribution in [0.2, 0.25) is 0 Å². The third kappa shape index (κ3) is 6.19. The van der Waals surface area contributed by atoms with Crippen LogP contribution >= 0.6 is 0 Å². The average Bonchev–Trinajstić information content (AvgIpc) is 2.90. The standard InChI is InChI=1S/C32H34N2O2/c33-26-8-16-30(17-9-26)35-28-12-4-24(5-13-28)22-32(20-2-1-3-21-32)23-25-6-14-29(15-7-25)36-31-18-10-27(34)11-19-31/h4-19H,1-3,20-23,33-34H2. The molecule has 4 N–H and O–H groups in total. The van der Waals surface area contributed by atoms with Gasteiger partial charge in [0.1, 0.15) is 23.0 Å². The van der Waals surface area contributed by atoms with E-state index in [0.29, 0.717) is 0 Å². The Kier molecular flexibility index (Phi) is 7.13. The summed E-state index contributed by atoms with van der Waals surface area (Å²) < 4.78 is 12.0. The third-order valence-electron chi connectivity index (χ3n) is 7.15. The first kappa shape index (κ1) is 23.8. The number of hydrogen-bond donors (Lipinski definition) is 2. The zero-order valence-corrected chi connectivity index (χ0v) is 20.7. The minimum atomic E-state index is 0.289. The quantitative estimate of drug-likeness (QED) is 0.251. The van der Waals surface area contributed by atoms with Crippen LogP contribution in [0, 0.1) is 5.41 Å².